The predicted molar refractivity (Wildman–Crippen MR) is 68.6 cm³/mol. The van der Waals surface area contributed by atoms with Gasteiger partial charge in [0.05, 0.1) is 11.9 Å². The Morgan fingerprint density at radius 2 is 2.32 bits per heavy atom. The summed E-state index contributed by atoms with van der Waals surface area (Å²) < 4.78 is 14.5. The SMILES string of the molecule is CCCCNC(=O)c1cn(-c2cccc(F)c2)nn1. The molecule has 0 spiro atoms. The van der Waals surface area contributed by atoms with E-state index >= 15 is 0 Å². The van der Waals surface area contributed by atoms with Crippen LogP contribution in [-0.2, 0) is 0 Å². The van der Waals surface area contributed by atoms with Crippen molar-refractivity contribution in [1.29, 1.82) is 0 Å². The molecule has 1 heterocycles. The Morgan fingerprint density at radius 3 is 3.05 bits per heavy atom. The molecule has 19 heavy (non-hydrogen) atoms. The number of hydrogen-bond donors (Lipinski definition) is 1. The van der Waals surface area contributed by atoms with E-state index in [-0.39, 0.29) is 17.4 Å². The summed E-state index contributed by atoms with van der Waals surface area (Å²) in [5.41, 5.74) is 0.750. The first-order chi connectivity index (χ1) is 9.20. The minimum Gasteiger partial charge on any atom is -0.351 e. The number of unbranched alkanes of at least 4 members (excludes halogenated alkanes) is 1. The Bertz CT molecular complexity index is 567. The molecule has 0 bridgehead atoms. The third kappa shape index (κ3) is 3.37. The van der Waals surface area contributed by atoms with E-state index in [1.807, 2.05) is 6.92 Å². The molecule has 0 saturated heterocycles. The first-order valence-corrected chi connectivity index (χ1v) is 6.17. The minimum absolute atomic E-state index is 0.223. The summed E-state index contributed by atoms with van der Waals surface area (Å²) in [6.45, 7) is 2.66. The second kappa shape index (κ2) is 6.08. The summed E-state index contributed by atoms with van der Waals surface area (Å²) >= 11 is 0. The third-order valence-electron chi connectivity index (χ3n) is 2.61. The molecule has 1 N–H and O–H groups in total. The van der Waals surface area contributed by atoms with Crippen LogP contribution in [0.4, 0.5) is 4.39 Å². The van der Waals surface area contributed by atoms with Gasteiger partial charge in [-0.15, -0.1) is 5.10 Å². The van der Waals surface area contributed by atoms with Crippen molar-refractivity contribution in [3.8, 4) is 5.69 Å². The van der Waals surface area contributed by atoms with E-state index in [1.165, 1.54) is 23.0 Å². The van der Waals surface area contributed by atoms with E-state index in [2.05, 4.69) is 15.6 Å². The van der Waals surface area contributed by atoms with Crippen molar-refractivity contribution in [3.05, 3.63) is 42.0 Å². The van der Waals surface area contributed by atoms with Gasteiger partial charge in [0.25, 0.3) is 5.91 Å². The number of rotatable bonds is 5. The Hall–Kier alpha value is -2.24. The van der Waals surface area contributed by atoms with Crippen LogP contribution in [0.15, 0.2) is 30.5 Å². The van der Waals surface area contributed by atoms with Gasteiger partial charge in [-0.3, -0.25) is 4.79 Å². The minimum atomic E-state index is -0.359. The van der Waals surface area contributed by atoms with E-state index in [9.17, 15) is 9.18 Å². The van der Waals surface area contributed by atoms with Crippen LogP contribution in [0.25, 0.3) is 5.69 Å². The Kier molecular flexibility index (Phi) is 4.22. The fraction of sp³-hybridized carbons (Fsp3) is 0.308. The third-order valence-corrected chi connectivity index (χ3v) is 2.61. The van der Waals surface area contributed by atoms with Crippen molar-refractivity contribution in [3.63, 3.8) is 0 Å². The van der Waals surface area contributed by atoms with Gasteiger partial charge in [0.2, 0.25) is 0 Å². The van der Waals surface area contributed by atoms with Gasteiger partial charge in [-0.25, -0.2) is 9.07 Å². The zero-order chi connectivity index (χ0) is 13.7. The molecular weight excluding hydrogens is 247 g/mol. The highest BCUT2D eigenvalue weighted by molar-refractivity contribution is 5.91. The van der Waals surface area contributed by atoms with Crippen LogP contribution in [0.2, 0.25) is 0 Å². The average molecular weight is 262 g/mol. The summed E-state index contributed by atoms with van der Waals surface area (Å²) in [6, 6.07) is 5.94. The molecule has 0 aliphatic carbocycles. The molecule has 100 valence electrons. The highest BCUT2D eigenvalue weighted by Gasteiger charge is 2.10. The number of carbonyl (C=O) groups is 1. The van der Waals surface area contributed by atoms with Crippen LogP contribution < -0.4 is 5.32 Å². The van der Waals surface area contributed by atoms with Crippen LogP contribution in [-0.4, -0.2) is 27.4 Å². The number of hydrogen-bond acceptors (Lipinski definition) is 3. The fourth-order valence-corrected chi connectivity index (χ4v) is 1.58. The molecule has 0 aliphatic heterocycles. The molecule has 0 aliphatic rings. The highest BCUT2D eigenvalue weighted by atomic mass is 19.1. The first kappa shape index (κ1) is 13.2. The molecule has 0 atom stereocenters. The van der Waals surface area contributed by atoms with E-state index in [0.717, 1.165) is 12.8 Å². The monoisotopic (exact) mass is 262 g/mol. The van der Waals surface area contributed by atoms with Crippen LogP contribution in [0.3, 0.4) is 0 Å². The molecule has 0 fully saturated rings. The number of halogens is 1. The zero-order valence-electron chi connectivity index (χ0n) is 10.6. The number of nitrogens with zero attached hydrogens (tertiary/aromatic N) is 3. The lowest BCUT2D eigenvalue weighted by atomic mass is 10.3. The lowest BCUT2D eigenvalue weighted by Crippen LogP contribution is -2.24. The molecule has 1 aromatic carbocycles. The summed E-state index contributed by atoms with van der Waals surface area (Å²) in [5.74, 6) is -0.627. The average Bonchev–Trinajstić information content (AvgIpc) is 2.88. The lowest BCUT2D eigenvalue weighted by Gasteiger charge is -2.00. The van der Waals surface area contributed by atoms with Crippen LogP contribution in [0.5, 0.6) is 0 Å². The molecule has 1 amide bonds. The van der Waals surface area contributed by atoms with Gasteiger partial charge in [0.1, 0.15) is 5.82 Å². The molecule has 1 aromatic heterocycles. The topological polar surface area (TPSA) is 59.8 Å². The van der Waals surface area contributed by atoms with Crippen LogP contribution in [0.1, 0.15) is 30.3 Å². The maximum Gasteiger partial charge on any atom is 0.273 e. The predicted octanol–water partition coefficient (Wildman–Crippen LogP) is 1.94. The molecule has 2 aromatic rings. The standard InChI is InChI=1S/C13H15FN4O/c1-2-3-7-15-13(19)12-9-18(17-16-12)11-6-4-5-10(14)8-11/h4-6,8-9H,2-3,7H2,1H3,(H,15,19). The lowest BCUT2D eigenvalue weighted by molar-refractivity contribution is 0.0948. The number of aromatic nitrogens is 3. The van der Waals surface area contributed by atoms with Crippen molar-refractivity contribution < 1.29 is 9.18 Å². The molecule has 2 rings (SSSR count). The molecular formula is C13H15FN4O. The maximum absolute atomic E-state index is 13.1. The number of nitrogens with one attached hydrogen (secondary N) is 1. The van der Waals surface area contributed by atoms with Gasteiger partial charge in [-0.05, 0) is 24.6 Å². The normalized spacial score (nSPS) is 10.4. The molecule has 5 nitrogen and oxygen atoms in total. The van der Waals surface area contributed by atoms with Crippen molar-refractivity contribution >= 4 is 5.91 Å². The van der Waals surface area contributed by atoms with Gasteiger partial charge < -0.3 is 5.32 Å². The van der Waals surface area contributed by atoms with Gasteiger partial charge >= 0.3 is 0 Å². The fourth-order valence-electron chi connectivity index (χ4n) is 1.58. The quantitative estimate of drug-likeness (QED) is 0.838. The van der Waals surface area contributed by atoms with Crippen molar-refractivity contribution in [2.75, 3.05) is 6.54 Å². The summed E-state index contributed by atoms with van der Waals surface area (Å²) in [7, 11) is 0. The van der Waals surface area contributed by atoms with Crippen molar-refractivity contribution in [2.24, 2.45) is 0 Å². The van der Waals surface area contributed by atoms with E-state index in [0.29, 0.717) is 12.2 Å². The summed E-state index contributed by atoms with van der Waals surface area (Å²) in [5, 5.41) is 10.3. The number of benzene rings is 1. The van der Waals surface area contributed by atoms with E-state index in [4.69, 9.17) is 0 Å². The second-order valence-electron chi connectivity index (χ2n) is 4.14. The smallest absolute Gasteiger partial charge is 0.273 e. The van der Waals surface area contributed by atoms with Crippen molar-refractivity contribution in [2.45, 2.75) is 19.8 Å². The van der Waals surface area contributed by atoms with E-state index in [1.54, 1.807) is 12.1 Å². The summed E-state index contributed by atoms with van der Waals surface area (Å²) in [6.07, 6.45) is 3.41. The second-order valence-corrected chi connectivity index (χ2v) is 4.14. The Morgan fingerprint density at radius 1 is 1.47 bits per heavy atom. The first-order valence-electron chi connectivity index (χ1n) is 6.17. The largest absolute Gasteiger partial charge is 0.351 e. The van der Waals surface area contributed by atoms with Crippen LogP contribution >= 0.6 is 0 Å². The zero-order valence-corrected chi connectivity index (χ0v) is 10.6. The van der Waals surface area contributed by atoms with Gasteiger partial charge in [-0.2, -0.15) is 0 Å². The Labute approximate surface area is 110 Å². The van der Waals surface area contributed by atoms with Gasteiger partial charge in [-0.1, -0.05) is 24.6 Å². The van der Waals surface area contributed by atoms with Crippen molar-refractivity contribution in [1.82, 2.24) is 20.3 Å². The van der Waals surface area contributed by atoms with Crippen LogP contribution in [0, 0.1) is 5.82 Å². The number of carbonyl (C=O) groups excluding carboxylic acids is 1. The van der Waals surface area contributed by atoms with E-state index < -0.39 is 0 Å². The summed E-state index contributed by atoms with van der Waals surface area (Å²) in [4.78, 5) is 11.7. The maximum atomic E-state index is 13.1. The van der Waals surface area contributed by atoms with Gasteiger partial charge in [0.15, 0.2) is 5.69 Å². The van der Waals surface area contributed by atoms with Gasteiger partial charge in [0, 0.05) is 6.54 Å². The molecule has 0 unspecified atom stereocenters. The molecule has 6 heteroatoms. The number of amides is 1. The molecule has 0 saturated carbocycles. The Balaban J connectivity index is 2.08. The molecule has 0 radical (unpaired) electrons. The highest BCUT2D eigenvalue weighted by Crippen LogP contribution is 2.08.